The third-order valence-corrected chi connectivity index (χ3v) is 2.50. The standard InChI is InChI=1S/C13H11N5O/c14-9-2-1-3-10(6-9)19-13-7-12(15-8-16-13)11-4-5-17-18-11/h1-8H,14H2,(H,17,18). The van der Waals surface area contributed by atoms with Crippen molar-refractivity contribution in [2.24, 2.45) is 0 Å². The fraction of sp³-hybridized carbons (Fsp3) is 0. The van der Waals surface area contributed by atoms with Gasteiger partial charge in [-0.05, 0) is 18.2 Å². The number of hydrogen-bond donors (Lipinski definition) is 2. The second kappa shape index (κ2) is 4.77. The molecule has 0 bridgehead atoms. The van der Waals surface area contributed by atoms with E-state index in [0.29, 0.717) is 23.0 Å². The minimum atomic E-state index is 0.449. The average Bonchev–Trinajstić information content (AvgIpc) is 2.93. The number of benzene rings is 1. The molecule has 0 fully saturated rings. The van der Waals surface area contributed by atoms with Crippen LogP contribution in [0.15, 0.2) is 48.9 Å². The summed E-state index contributed by atoms with van der Waals surface area (Å²) in [5.41, 5.74) is 7.85. The fourth-order valence-electron chi connectivity index (χ4n) is 1.64. The summed E-state index contributed by atoms with van der Waals surface area (Å²) in [7, 11) is 0. The fourth-order valence-corrected chi connectivity index (χ4v) is 1.64. The Kier molecular flexibility index (Phi) is 2.82. The van der Waals surface area contributed by atoms with Gasteiger partial charge in [0.2, 0.25) is 5.88 Å². The van der Waals surface area contributed by atoms with Gasteiger partial charge in [-0.15, -0.1) is 0 Å². The second-order valence-electron chi connectivity index (χ2n) is 3.89. The zero-order valence-corrected chi connectivity index (χ0v) is 9.95. The van der Waals surface area contributed by atoms with Crippen LogP contribution in [-0.2, 0) is 0 Å². The molecule has 0 radical (unpaired) electrons. The highest BCUT2D eigenvalue weighted by Gasteiger charge is 2.05. The molecule has 2 aromatic heterocycles. The van der Waals surface area contributed by atoms with Crippen molar-refractivity contribution < 1.29 is 4.74 Å². The number of ether oxygens (including phenoxy) is 1. The van der Waals surface area contributed by atoms with Crippen LogP contribution in [0.2, 0.25) is 0 Å². The molecule has 6 nitrogen and oxygen atoms in total. The van der Waals surface area contributed by atoms with Gasteiger partial charge >= 0.3 is 0 Å². The van der Waals surface area contributed by atoms with E-state index in [-0.39, 0.29) is 0 Å². The molecule has 3 N–H and O–H groups in total. The lowest BCUT2D eigenvalue weighted by Crippen LogP contribution is -1.92. The van der Waals surface area contributed by atoms with Crippen LogP contribution in [0.5, 0.6) is 11.6 Å². The molecule has 2 heterocycles. The maximum Gasteiger partial charge on any atom is 0.222 e. The Morgan fingerprint density at radius 2 is 2.05 bits per heavy atom. The Hall–Kier alpha value is -2.89. The van der Waals surface area contributed by atoms with Gasteiger partial charge in [0.05, 0.1) is 11.4 Å². The number of nitrogens with zero attached hydrogens (tertiary/aromatic N) is 3. The minimum absolute atomic E-state index is 0.449. The first-order chi connectivity index (χ1) is 9.31. The van der Waals surface area contributed by atoms with Crippen LogP contribution in [0, 0.1) is 0 Å². The van der Waals surface area contributed by atoms with Crippen molar-refractivity contribution in [2.45, 2.75) is 0 Å². The Balaban J connectivity index is 1.88. The second-order valence-corrected chi connectivity index (χ2v) is 3.89. The SMILES string of the molecule is Nc1cccc(Oc2cc(-c3ccn[nH]3)ncn2)c1. The van der Waals surface area contributed by atoms with Gasteiger partial charge in [0, 0.05) is 24.0 Å². The quantitative estimate of drug-likeness (QED) is 0.698. The van der Waals surface area contributed by atoms with Gasteiger partial charge in [-0.25, -0.2) is 9.97 Å². The normalized spacial score (nSPS) is 10.3. The summed E-state index contributed by atoms with van der Waals surface area (Å²) in [6.07, 6.45) is 3.10. The van der Waals surface area contributed by atoms with E-state index in [1.165, 1.54) is 6.33 Å². The van der Waals surface area contributed by atoms with Crippen molar-refractivity contribution in [3.63, 3.8) is 0 Å². The number of nitrogens with one attached hydrogen (secondary N) is 1. The molecule has 0 aliphatic carbocycles. The molecule has 1 aromatic carbocycles. The van der Waals surface area contributed by atoms with Gasteiger partial charge in [-0.3, -0.25) is 5.10 Å². The van der Waals surface area contributed by atoms with Gasteiger partial charge in [-0.2, -0.15) is 5.10 Å². The summed E-state index contributed by atoms with van der Waals surface area (Å²) in [5.74, 6) is 1.08. The molecule has 3 aromatic rings. The van der Waals surface area contributed by atoms with E-state index in [1.54, 1.807) is 24.4 Å². The summed E-state index contributed by atoms with van der Waals surface area (Å²) in [6, 6.07) is 10.7. The van der Waals surface area contributed by atoms with Crippen molar-refractivity contribution in [3.8, 4) is 23.0 Å². The molecule has 6 heteroatoms. The first-order valence-electron chi connectivity index (χ1n) is 5.66. The van der Waals surface area contributed by atoms with E-state index in [9.17, 15) is 0 Å². The van der Waals surface area contributed by atoms with Crippen LogP contribution in [0.3, 0.4) is 0 Å². The van der Waals surface area contributed by atoms with Crippen LogP contribution in [0.4, 0.5) is 5.69 Å². The molecule has 19 heavy (non-hydrogen) atoms. The summed E-state index contributed by atoms with van der Waals surface area (Å²) >= 11 is 0. The monoisotopic (exact) mass is 253 g/mol. The Bertz CT molecular complexity index is 681. The number of nitrogen functional groups attached to an aromatic ring is 1. The van der Waals surface area contributed by atoms with Crippen molar-refractivity contribution >= 4 is 5.69 Å². The van der Waals surface area contributed by atoms with E-state index in [4.69, 9.17) is 10.5 Å². The van der Waals surface area contributed by atoms with E-state index in [2.05, 4.69) is 20.2 Å². The molecule has 0 aliphatic rings. The third-order valence-electron chi connectivity index (χ3n) is 2.50. The van der Waals surface area contributed by atoms with Gasteiger partial charge in [0.1, 0.15) is 12.1 Å². The number of nitrogens with two attached hydrogens (primary N) is 1. The number of anilines is 1. The summed E-state index contributed by atoms with van der Waals surface area (Å²) in [6.45, 7) is 0. The predicted octanol–water partition coefficient (Wildman–Crippen LogP) is 2.24. The molecule has 94 valence electrons. The summed E-state index contributed by atoms with van der Waals surface area (Å²) in [5, 5.41) is 6.72. The highest BCUT2D eigenvalue weighted by molar-refractivity contribution is 5.54. The number of rotatable bonds is 3. The molecule has 0 aliphatic heterocycles. The topological polar surface area (TPSA) is 89.7 Å². The van der Waals surface area contributed by atoms with Crippen LogP contribution < -0.4 is 10.5 Å². The van der Waals surface area contributed by atoms with Crippen molar-refractivity contribution in [3.05, 3.63) is 48.9 Å². The average molecular weight is 253 g/mol. The van der Waals surface area contributed by atoms with E-state index >= 15 is 0 Å². The Labute approximate surface area is 109 Å². The lowest BCUT2D eigenvalue weighted by atomic mass is 10.3. The molecule has 0 amide bonds. The smallest absolute Gasteiger partial charge is 0.222 e. The van der Waals surface area contributed by atoms with Gasteiger partial charge in [0.15, 0.2) is 0 Å². The van der Waals surface area contributed by atoms with E-state index in [0.717, 1.165) is 5.69 Å². The number of aromatic nitrogens is 4. The number of aromatic amines is 1. The maximum absolute atomic E-state index is 5.69. The van der Waals surface area contributed by atoms with Crippen LogP contribution in [-0.4, -0.2) is 20.2 Å². The molecule has 0 saturated carbocycles. The molecule has 3 rings (SSSR count). The summed E-state index contributed by atoms with van der Waals surface area (Å²) < 4.78 is 5.63. The van der Waals surface area contributed by atoms with Crippen molar-refractivity contribution in [1.29, 1.82) is 0 Å². The highest BCUT2D eigenvalue weighted by atomic mass is 16.5. The van der Waals surface area contributed by atoms with Crippen molar-refractivity contribution in [2.75, 3.05) is 5.73 Å². The highest BCUT2D eigenvalue weighted by Crippen LogP contribution is 2.23. The molecule has 0 spiro atoms. The molecule has 0 atom stereocenters. The molecular formula is C13H11N5O. The van der Waals surface area contributed by atoms with Crippen LogP contribution >= 0.6 is 0 Å². The molecule has 0 saturated heterocycles. The van der Waals surface area contributed by atoms with Gasteiger partial charge < -0.3 is 10.5 Å². The predicted molar refractivity (Wildman–Crippen MR) is 70.5 cm³/mol. The zero-order chi connectivity index (χ0) is 13.1. The van der Waals surface area contributed by atoms with E-state index in [1.807, 2.05) is 18.2 Å². The lowest BCUT2D eigenvalue weighted by molar-refractivity contribution is 0.462. The first-order valence-corrected chi connectivity index (χ1v) is 5.66. The van der Waals surface area contributed by atoms with Crippen LogP contribution in [0.25, 0.3) is 11.4 Å². The molecular weight excluding hydrogens is 242 g/mol. The molecule has 0 unspecified atom stereocenters. The van der Waals surface area contributed by atoms with Gasteiger partial charge in [-0.1, -0.05) is 6.07 Å². The maximum atomic E-state index is 5.69. The third kappa shape index (κ3) is 2.52. The zero-order valence-electron chi connectivity index (χ0n) is 9.95. The van der Waals surface area contributed by atoms with Crippen LogP contribution in [0.1, 0.15) is 0 Å². The first kappa shape index (κ1) is 11.2. The van der Waals surface area contributed by atoms with E-state index < -0.39 is 0 Å². The Morgan fingerprint density at radius 3 is 2.84 bits per heavy atom. The van der Waals surface area contributed by atoms with Gasteiger partial charge in [0.25, 0.3) is 0 Å². The van der Waals surface area contributed by atoms with Crippen molar-refractivity contribution in [1.82, 2.24) is 20.2 Å². The summed E-state index contributed by atoms with van der Waals surface area (Å²) in [4.78, 5) is 8.22. The minimum Gasteiger partial charge on any atom is -0.439 e. The lowest BCUT2D eigenvalue weighted by Gasteiger charge is -2.05. The largest absolute Gasteiger partial charge is 0.439 e. The Morgan fingerprint density at radius 1 is 1.11 bits per heavy atom. The number of H-pyrrole nitrogens is 1. The number of hydrogen-bond acceptors (Lipinski definition) is 5.